The Hall–Kier alpha value is -1.89. The molecule has 6 heteroatoms. The molecule has 198 valence electrons. The van der Waals surface area contributed by atoms with Gasteiger partial charge in [0.15, 0.2) is 0 Å². The van der Waals surface area contributed by atoms with Crippen LogP contribution in [0.3, 0.4) is 0 Å². The van der Waals surface area contributed by atoms with Gasteiger partial charge in [-0.1, -0.05) is 56.0 Å². The van der Waals surface area contributed by atoms with Gasteiger partial charge in [-0.3, -0.25) is 4.55 Å². The number of rotatable bonds is 15. The lowest BCUT2D eigenvalue weighted by molar-refractivity contribution is -0.925. The highest BCUT2D eigenvalue weighted by Gasteiger charge is 2.21. The molecule has 2 rings (SSSR count). The first-order valence-electron chi connectivity index (χ1n) is 13.2. The van der Waals surface area contributed by atoms with Gasteiger partial charge >= 0.3 is 0 Å². The summed E-state index contributed by atoms with van der Waals surface area (Å²) in [5.74, 6) is 0.953. The van der Waals surface area contributed by atoms with Crippen LogP contribution in [-0.4, -0.2) is 50.7 Å². The second kappa shape index (κ2) is 16.7. The van der Waals surface area contributed by atoms with E-state index in [1.165, 1.54) is 99.7 Å². The highest BCUT2D eigenvalue weighted by Crippen LogP contribution is 2.16. The Morgan fingerprint density at radius 1 is 0.771 bits per heavy atom. The molecule has 0 spiro atoms. The van der Waals surface area contributed by atoms with Crippen LogP contribution in [0.15, 0.2) is 53.4 Å². The maximum Gasteiger partial charge on any atom is 0.294 e. The molecule has 0 amide bonds. The molecule has 0 unspecified atom stereocenters. The SMILES string of the molecule is CCCCCCC[N+](CC)(CC)CCCCc1ccc(OC)cc1.Cc1ccc(S(=O)(=O)O)cc1. The monoisotopic (exact) mass is 506 g/mol. The van der Waals surface area contributed by atoms with Gasteiger partial charge in [0, 0.05) is 0 Å². The van der Waals surface area contributed by atoms with E-state index in [0.29, 0.717) is 0 Å². The van der Waals surface area contributed by atoms with Gasteiger partial charge in [0.05, 0.1) is 38.2 Å². The topological polar surface area (TPSA) is 63.6 Å². The van der Waals surface area contributed by atoms with Gasteiger partial charge in [0.25, 0.3) is 10.1 Å². The molecule has 2 aromatic carbocycles. The summed E-state index contributed by atoms with van der Waals surface area (Å²) in [6.45, 7) is 14.2. The average molecular weight is 507 g/mol. The molecule has 0 aliphatic carbocycles. The van der Waals surface area contributed by atoms with E-state index in [-0.39, 0.29) is 4.90 Å². The second-order valence-electron chi connectivity index (χ2n) is 9.43. The molecule has 0 bridgehead atoms. The normalized spacial score (nSPS) is 11.6. The molecule has 1 N–H and O–H groups in total. The Balaban J connectivity index is 0.000000462. The Morgan fingerprint density at radius 2 is 1.31 bits per heavy atom. The lowest BCUT2D eigenvalue weighted by atomic mass is 10.1. The van der Waals surface area contributed by atoms with Crippen molar-refractivity contribution in [2.24, 2.45) is 0 Å². The minimum Gasteiger partial charge on any atom is -0.497 e. The number of quaternary nitrogens is 1. The zero-order valence-corrected chi connectivity index (χ0v) is 23.4. The van der Waals surface area contributed by atoms with Crippen molar-refractivity contribution in [3.05, 3.63) is 59.7 Å². The standard InChI is InChI=1S/C22H40NO.C7H8O3S/c1-5-8-9-10-12-19-23(6-2,7-3)20-13-11-14-21-15-17-22(24-4)18-16-21;1-6-2-4-7(5-3-6)11(8,9)10/h15-18H,5-14,19-20H2,1-4H3;2-5H,1H3,(H,8,9,10)/q+1;. The van der Waals surface area contributed by atoms with Crippen LogP contribution in [0.5, 0.6) is 5.75 Å². The predicted octanol–water partition coefficient (Wildman–Crippen LogP) is 7.09. The third-order valence-corrected chi connectivity index (χ3v) is 7.77. The van der Waals surface area contributed by atoms with Crippen molar-refractivity contribution in [1.82, 2.24) is 0 Å². The molecular formula is C29H48NO4S+. The number of hydrogen-bond acceptors (Lipinski definition) is 3. The van der Waals surface area contributed by atoms with Gasteiger partial charge in [-0.15, -0.1) is 0 Å². The fraction of sp³-hybridized carbons (Fsp3) is 0.586. The van der Waals surface area contributed by atoms with E-state index >= 15 is 0 Å². The van der Waals surface area contributed by atoms with Gasteiger partial charge in [-0.2, -0.15) is 8.42 Å². The summed E-state index contributed by atoms with van der Waals surface area (Å²) in [4.78, 5) is -0.0666. The van der Waals surface area contributed by atoms with Crippen LogP contribution in [0, 0.1) is 6.92 Å². The number of nitrogens with zero attached hydrogens (tertiary/aromatic N) is 1. The lowest BCUT2D eigenvalue weighted by Gasteiger charge is -2.37. The van der Waals surface area contributed by atoms with Crippen molar-refractivity contribution in [3.63, 3.8) is 0 Å². The summed E-state index contributed by atoms with van der Waals surface area (Å²) in [7, 11) is -2.29. The average Bonchev–Trinajstić information content (AvgIpc) is 2.86. The van der Waals surface area contributed by atoms with Crippen molar-refractivity contribution >= 4 is 10.1 Å². The molecule has 0 aromatic heterocycles. The minimum absolute atomic E-state index is 0.0666. The van der Waals surface area contributed by atoms with Gasteiger partial charge in [0.2, 0.25) is 0 Å². The Labute approximate surface area is 214 Å². The van der Waals surface area contributed by atoms with Crippen LogP contribution in [0.25, 0.3) is 0 Å². The van der Waals surface area contributed by atoms with Crippen molar-refractivity contribution in [3.8, 4) is 5.75 Å². The lowest BCUT2D eigenvalue weighted by Crippen LogP contribution is -2.49. The summed E-state index contributed by atoms with van der Waals surface area (Å²) in [6.07, 6.45) is 10.8. The van der Waals surface area contributed by atoms with Crippen molar-refractivity contribution in [1.29, 1.82) is 0 Å². The minimum atomic E-state index is -4.02. The largest absolute Gasteiger partial charge is 0.497 e. The van der Waals surface area contributed by atoms with Gasteiger partial charge in [-0.05, 0) is 82.7 Å². The number of hydrogen-bond donors (Lipinski definition) is 1. The number of benzene rings is 2. The fourth-order valence-corrected chi connectivity index (χ4v) is 4.78. The van der Waals surface area contributed by atoms with Gasteiger partial charge < -0.3 is 9.22 Å². The molecule has 35 heavy (non-hydrogen) atoms. The summed E-state index contributed by atoms with van der Waals surface area (Å²) in [5, 5.41) is 0. The van der Waals surface area contributed by atoms with Crippen LogP contribution in [0.2, 0.25) is 0 Å². The van der Waals surface area contributed by atoms with E-state index in [2.05, 4.69) is 45.0 Å². The predicted molar refractivity (Wildman–Crippen MR) is 147 cm³/mol. The first-order valence-corrected chi connectivity index (χ1v) is 14.7. The number of methoxy groups -OCH3 is 1. The quantitative estimate of drug-likeness (QED) is 0.159. The van der Waals surface area contributed by atoms with Crippen LogP contribution in [0.4, 0.5) is 0 Å². The third-order valence-electron chi connectivity index (χ3n) is 6.90. The maximum absolute atomic E-state index is 10.5. The third kappa shape index (κ3) is 12.6. The summed E-state index contributed by atoms with van der Waals surface area (Å²) in [5.41, 5.74) is 2.39. The van der Waals surface area contributed by atoms with Crippen LogP contribution in [-0.2, 0) is 16.5 Å². The van der Waals surface area contributed by atoms with Crippen LogP contribution >= 0.6 is 0 Å². The van der Waals surface area contributed by atoms with Crippen molar-refractivity contribution in [2.45, 2.75) is 84.0 Å². The Morgan fingerprint density at radius 3 is 1.80 bits per heavy atom. The maximum atomic E-state index is 10.5. The Kier molecular flexibility index (Phi) is 14.9. The van der Waals surface area contributed by atoms with Gasteiger partial charge in [-0.25, -0.2) is 0 Å². The summed E-state index contributed by atoms with van der Waals surface area (Å²) >= 11 is 0. The second-order valence-corrected chi connectivity index (χ2v) is 10.9. The molecular weight excluding hydrogens is 458 g/mol. The molecule has 0 aliphatic heterocycles. The van der Waals surface area contributed by atoms with Crippen molar-refractivity contribution in [2.75, 3.05) is 33.3 Å². The Bertz CT molecular complexity index is 905. The van der Waals surface area contributed by atoms with Crippen molar-refractivity contribution < 1.29 is 22.2 Å². The fourth-order valence-electron chi connectivity index (χ4n) is 4.30. The highest BCUT2D eigenvalue weighted by atomic mass is 32.2. The van der Waals surface area contributed by atoms with E-state index in [1.54, 1.807) is 19.2 Å². The first kappa shape index (κ1) is 31.1. The highest BCUT2D eigenvalue weighted by molar-refractivity contribution is 7.85. The van der Waals surface area contributed by atoms with E-state index in [4.69, 9.17) is 9.29 Å². The van der Waals surface area contributed by atoms with E-state index in [0.717, 1.165) is 11.3 Å². The van der Waals surface area contributed by atoms with Gasteiger partial charge in [0.1, 0.15) is 5.75 Å². The summed E-state index contributed by atoms with van der Waals surface area (Å²) < 4.78 is 36.1. The van der Waals surface area contributed by atoms with Crippen LogP contribution < -0.4 is 4.74 Å². The molecule has 0 radical (unpaired) electrons. The summed E-state index contributed by atoms with van der Waals surface area (Å²) in [6, 6.07) is 14.5. The molecule has 0 heterocycles. The smallest absolute Gasteiger partial charge is 0.294 e. The molecule has 0 saturated carbocycles. The molecule has 0 saturated heterocycles. The van der Waals surface area contributed by atoms with E-state index < -0.39 is 10.1 Å². The zero-order valence-electron chi connectivity index (χ0n) is 22.6. The molecule has 0 fully saturated rings. The molecule has 0 atom stereocenters. The molecule has 2 aromatic rings. The first-order chi connectivity index (χ1) is 16.7. The number of unbranched alkanes of at least 4 members (excludes halogenated alkanes) is 5. The number of ether oxygens (including phenoxy) is 1. The zero-order chi connectivity index (χ0) is 26.2. The molecule has 0 aliphatic rings. The van der Waals surface area contributed by atoms with E-state index in [1.807, 2.05) is 6.92 Å². The van der Waals surface area contributed by atoms with E-state index in [9.17, 15) is 8.42 Å². The number of aryl methyl sites for hydroxylation is 2. The van der Waals surface area contributed by atoms with Crippen LogP contribution in [0.1, 0.15) is 76.8 Å². The molecule has 5 nitrogen and oxygen atoms in total.